The van der Waals surface area contributed by atoms with Crippen molar-refractivity contribution >= 4 is 49.1 Å². The smallest absolute Gasteiger partial charge is 0.261 e. The Morgan fingerprint density at radius 2 is 1.94 bits per heavy atom. The highest BCUT2D eigenvalue weighted by atomic mass is 79.9. The molecule has 0 spiro atoms. The Bertz CT molecular complexity index is 568. The largest absolute Gasteiger partial charge is 0.345 e. The third-order valence-corrected chi connectivity index (χ3v) is 4.86. The molecule has 1 aromatic heterocycles. The van der Waals surface area contributed by atoms with Gasteiger partial charge in [-0.05, 0) is 46.6 Å². The lowest BCUT2D eigenvalue weighted by Crippen LogP contribution is -2.26. The summed E-state index contributed by atoms with van der Waals surface area (Å²) in [6, 6.07) is 11.6. The van der Waals surface area contributed by atoms with E-state index in [1.807, 2.05) is 43.3 Å². The van der Waals surface area contributed by atoms with Gasteiger partial charge in [-0.3, -0.25) is 4.79 Å². The Kier molecular flexibility index (Phi) is 4.59. The van der Waals surface area contributed by atoms with Crippen LogP contribution >= 0.6 is 43.2 Å². The molecular formula is C13H11Br2NOS. The summed E-state index contributed by atoms with van der Waals surface area (Å²) in [6.07, 6.45) is 0. The van der Waals surface area contributed by atoms with Gasteiger partial charge in [0, 0.05) is 4.47 Å². The van der Waals surface area contributed by atoms with Gasteiger partial charge in [0.25, 0.3) is 5.91 Å². The van der Waals surface area contributed by atoms with Crippen molar-refractivity contribution in [3.8, 4) is 0 Å². The Morgan fingerprint density at radius 1 is 1.22 bits per heavy atom. The molecule has 0 aliphatic rings. The van der Waals surface area contributed by atoms with Gasteiger partial charge >= 0.3 is 0 Å². The van der Waals surface area contributed by atoms with Crippen LogP contribution in [0.2, 0.25) is 0 Å². The SMILES string of the molecule is C[C@H](NC(=O)c1ccc(Br)s1)c1ccccc1Br. The van der Waals surface area contributed by atoms with E-state index in [1.54, 1.807) is 0 Å². The molecule has 0 aliphatic carbocycles. The summed E-state index contributed by atoms with van der Waals surface area (Å²) < 4.78 is 1.96. The average molecular weight is 389 g/mol. The zero-order valence-corrected chi connectivity index (χ0v) is 13.6. The first-order valence-corrected chi connectivity index (χ1v) is 7.79. The first-order valence-electron chi connectivity index (χ1n) is 5.38. The predicted molar refractivity (Wildman–Crippen MR) is 82.0 cm³/mol. The van der Waals surface area contributed by atoms with E-state index in [0.29, 0.717) is 4.88 Å². The molecule has 18 heavy (non-hydrogen) atoms. The molecule has 5 heteroatoms. The Hall–Kier alpha value is -0.650. The highest BCUT2D eigenvalue weighted by molar-refractivity contribution is 9.11. The van der Waals surface area contributed by atoms with Gasteiger partial charge < -0.3 is 5.32 Å². The van der Waals surface area contributed by atoms with Crippen LogP contribution in [0.1, 0.15) is 28.2 Å². The van der Waals surface area contributed by atoms with Crippen molar-refractivity contribution in [2.75, 3.05) is 0 Å². The van der Waals surface area contributed by atoms with Gasteiger partial charge in [0.05, 0.1) is 14.7 Å². The Balaban J connectivity index is 2.10. The third-order valence-electron chi connectivity index (χ3n) is 2.52. The highest BCUT2D eigenvalue weighted by Crippen LogP contribution is 2.25. The first-order chi connectivity index (χ1) is 8.58. The van der Waals surface area contributed by atoms with Crippen molar-refractivity contribution in [3.05, 3.63) is 55.1 Å². The number of benzene rings is 1. The molecular weight excluding hydrogens is 378 g/mol. The molecule has 1 aromatic carbocycles. The summed E-state index contributed by atoms with van der Waals surface area (Å²) in [5, 5.41) is 2.99. The van der Waals surface area contributed by atoms with Crippen molar-refractivity contribution in [1.29, 1.82) is 0 Å². The lowest BCUT2D eigenvalue weighted by molar-refractivity contribution is 0.0944. The van der Waals surface area contributed by atoms with E-state index in [2.05, 4.69) is 37.2 Å². The van der Waals surface area contributed by atoms with Crippen molar-refractivity contribution in [2.24, 2.45) is 0 Å². The molecule has 0 bridgehead atoms. The molecule has 0 radical (unpaired) electrons. The Morgan fingerprint density at radius 3 is 2.56 bits per heavy atom. The number of halogens is 2. The number of carbonyl (C=O) groups excluding carboxylic acids is 1. The maximum atomic E-state index is 12.0. The molecule has 2 rings (SSSR count). The van der Waals surface area contributed by atoms with Crippen LogP contribution in [0.25, 0.3) is 0 Å². The molecule has 0 aliphatic heterocycles. The van der Waals surface area contributed by atoms with Crippen molar-refractivity contribution in [1.82, 2.24) is 5.32 Å². The average Bonchev–Trinajstić information content (AvgIpc) is 2.76. The Labute approximate surface area is 127 Å². The van der Waals surface area contributed by atoms with Crippen LogP contribution in [-0.4, -0.2) is 5.91 Å². The van der Waals surface area contributed by atoms with Gasteiger partial charge in [0.2, 0.25) is 0 Å². The second kappa shape index (κ2) is 5.99. The topological polar surface area (TPSA) is 29.1 Å². The van der Waals surface area contributed by atoms with Crippen molar-refractivity contribution in [3.63, 3.8) is 0 Å². The standard InChI is InChI=1S/C13H11Br2NOS/c1-8(9-4-2-3-5-10(9)14)16-13(17)11-6-7-12(15)18-11/h2-8H,1H3,(H,16,17)/t8-/m0/s1. The fourth-order valence-electron chi connectivity index (χ4n) is 1.61. The minimum atomic E-state index is -0.0473. The molecule has 2 aromatic rings. The molecule has 1 amide bonds. The molecule has 0 saturated carbocycles. The normalized spacial score (nSPS) is 12.2. The third kappa shape index (κ3) is 3.22. The molecule has 0 fully saturated rings. The second-order valence-corrected chi connectivity index (χ2v) is 7.14. The number of hydrogen-bond donors (Lipinski definition) is 1. The van der Waals surface area contributed by atoms with E-state index in [4.69, 9.17) is 0 Å². The highest BCUT2D eigenvalue weighted by Gasteiger charge is 2.14. The fourth-order valence-corrected chi connectivity index (χ4v) is 3.53. The maximum Gasteiger partial charge on any atom is 0.261 e. The van der Waals surface area contributed by atoms with E-state index >= 15 is 0 Å². The predicted octanol–water partition coefficient (Wildman–Crippen LogP) is 4.76. The quantitative estimate of drug-likeness (QED) is 0.806. The zero-order chi connectivity index (χ0) is 13.1. The van der Waals surface area contributed by atoms with Gasteiger partial charge in [-0.1, -0.05) is 34.1 Å². The van der Waals surface area contributed by atoms with E-state index in [-0.39, 0.29) is 11.9 Å². The summed E-state index contributed by atoms with van der Waals surface area (Å²) in [7, 11) is 0. The fraction of sp³-hybridized carbons (Fsp3) is 0.154. The van der Waals surface area contributed by atoms with Gasteiger partial charge in [-0.2, -0.15) is 0 Å². The van der Waals surface area contributed by atoms with Crippen LogP contribution in [-0.2, 0) is 0 Å². The molecule has 0 unspecified atom stereocenters. The van der Waals surface area contributed by atoms with E-state index in [1.165, 1.54) is 11.3 Å². The number of thiophene rings is 1. The van der Waals surface area contributed by atoms with Gasteiger partial charge in [0.1, 0.15) is 0 Å². The second-order valence-electron chi connectivity index (χ2n) is 3.82. The minimum absolute atomic E-state index is 0.0334. The maximum absolute atomic E-state index is 12.0. The van der Waals surface area contributed by atoms with Crippen molar-refractivity contribution in [2.45, 2.75) is 13.0 Å². The zero-order valence-electron chi connectivity index (χ0n) is 9.61. The molecule has 1 atom stereocenters. The molecule has 1 N–H and O–H groups in total. The van der Waals surface area contributed by atoms with E-state index in [0.717, 1.165) is 13.8 Å². The van der Waals surface area contributed by atoms with Crippen molar-refractivity contribution < 1.29 is 4.79 Å². The number of nitrogens with one attached hydrogen (secondary N) is 1. The molecule has 94 valence electrons. The van der Waals surface area contributed by atoms with Gasteiger partial charge in [-0.15, -0.1) is 11.3 Å². The molecule has 2 nitrogen and oxygen atoms in total. The van der Waals surface area contributed by atoms with Crippen LogP contribution in [0.15, 0.2) is 44.7 Å². The van der Waals surface area contributed by atoms with E-state index < -0.39 is 0 Å². The number of amides is 1. The van der Waals surface area contributed by atoms with Crippen LogP contribution in [0, 0.1) is 0 Å². The van der Waals surface area contributed by atoms with Crippen LogP contribution in [0.3, 0.4) is 0 Å². The van der Waals surface area contributed by atoms with Gasteiger partial charge in [0.15, 0.2) is 0 Å². The van der Waals surface area contributed by atoms with Crippen LogP contribution in [0.4, 0.5) is 0 Å². The number of hydrogen-bond acceptors (Lipinski definition) is 2. The van der Waals surface area contributed by atoms with Crippen LogP contribution < -0.4 is 5.32 Å². The lowest BCUT2D eigenvalue weighted by Gasteiger charge is -2.15. The summed E-state index contributed by atoms with van der Waals surface area (Å²) in [6.45, 7) is 1.97. The number of rotatable bonds is 3. The molecule has 0 saturated heterocycles. The van der Waals surface area contributed by atoms with E-state index in [9.17, 15) is 4.79 Å². The van der Waals surface area contributed by atoms with Gasteiger partial charge in [-0.25, -0.2) is 0 Å². The lowest BCUT2D eigenvalue weighted by atomic mass is 10.1. The summed E-state index contributed by atoms with van der Waals surface area (Å²) in [5.41, 5.74) is 1.07. The summed E-state index contributed by atoms with van der Waals surface area (Å²) in [4.78, 5) is 12.7. The summed E-state index contributed by atoms with van der Waals surface area (Å²) in [5.74, 6) is -0.0473. The van der Waals surface area contributed by atoms with Crippen LogP contribution in [0.5, 0.6) is 0 Å². The minimum Gasteiger partial charge on any atom is -0.345 e. The first kappa shape index (κ1) is 13.8. The molecule has 1 heterocycles. The number of carbonyl (C=O) groups is 1. The monoisotopic (exact) mass is 387 g/mol. The summed E-state index contributed by atoms with van der Waals surface area (Å²) >= 11 is 8.28.